The summed E-state index contributed by atoms with van der Waals surface area (Å²) >= 11 is 1.35. The molecule has 0 aromatic carbocycles. The number of anilines is 1. The molecule has 9 heteroatoms. The van der Waals surface area contributed by atoms with Gasteiger partial charge < -0.3 is 0 Å². The molecule has 4 aromatic heterocycles. The van der Waals surface area contributed by atoms with Crippen LogP contribution < -0.4 is 9.93 Å². The molecule has 0 fully saturated rings. The number of carbonyl (C=O) groups excluding carboxylic acids is 1. The fourth-order valence-corrected chi connectivity index (χ4v) is 3.75. The van der Waals surface area contributed by atoms with Crippen LogP contribution in [0.4, 0.5) is 5.82 Å². The van der Waals surface area contributed by atoms with E-state index >= 15 is 0 Å². The van der Waals surface area contributed by atoms with Crippen molar-refractivity contribution >= 4 is 39.0 Å². The van der Waals surface area contributed by atoms with Crippen molar-refractivity contribution in [1.29, 1.82) is 0 Å². The number of aryl methyl sites for hydroxylation is 1. The van der Waals surface area contributed by atoms with E-state index in [0.29, 0.717) is 23.7 Å². The monoisotopic (exact) mass is 477 g/mol. The molecule has 0 spiro atoms. The molecule has 8 nitrogen and oxygen atoms in total. The van der Waals surface area contributed by atoms with Crippen LogP contribution in [0.5, 0.6) is 0 Å². The van der Waals surface area contributed by atoms with Gasteiger partial charge in [0.05, 0.1) is 0 Å². The summed E-state index contributed by atoms with van der Waals surface area (Å²) in [6, 6.07) is 9.43. The van der Waals surface area contributed by atoms with E-state index in [-0.39, 0.29) is 11.3 Å². The van der Waals surface area contributed by atoms with Gasteiger partial charge in [-0.1, -0.05) is 20.8 Å². The van der Waals surface area contributed by atoms with Gasteiger partial charge in [-0.05, 0) is 0 Å². The van der Waals surface area contributed by atoms with Gasteiger partial charge in [-0.15, -0.1) is 0 Å². The van der Waals surface area contributed by atoms with Gasteiger partial charge in [-0.25, -0.2) is 0 Å². The third kappa shape index (κ3) is 4.80. The molecule has 31 heavy (non-hydrogen) atoms. The van der Waals surface area contributed by atoms with Crippen molar-refractivity contribution in [2.24, 2.45) is 5.41 Å². The number of carbonyl (C=O) groups is 1. The molecule has 4 heterocycles. The van der Waals surface area contributed by atoms with Gasteiger partial charge in [0.15, 0.2) is 0 Å². The number of rotatable bonds is 4. The number of imidazole rings is 1. The number of aromatic nitrogens is 6. The fourth-order valence-electron chi connectivity index (χ4n) is 3.27. The van der Waals surface area contributed by atoms with E-state index in [1.54, 1.807) is 12.3 Å². The Morgan fingerprint density at radius 1 is 1.06 bits per heavy atom. The van der Waals surface area contributed by atoms with Gasteiger partial charge in [0.2, 0.25) is 0 Å². The number of nitrogens with zero attached hydrogens (tertiary/aromatic N) is 6. The van der Waals surface area contributed by atoms with Gasteiger partial charge in [-0.2, -0.15) is 0 Å². The molecule has 0 aliphatic rings. The predicted octanol–water partition coefficient (Wildman–Crippen LogP) is 2.19. The van der Waals surface area contributed by atoms with Crippen LogP contribution >= 0.6 is 0 Å². The molecule has 4 rings (SSSR count). The molecule has 4 aromatic rings. The molecule has 0 radical (unpaired) electrons. The minimum atomic E-state index is -0.106. The molecule has 0 aliphatic carbocycles. The Labute approximate surface area is 189 Å². The second-order valence-electron chi connectivity index (χ2n) is 8.54. The first kappa shape index (κ1) is 21.1. The van der Waals surface area contributed by atoms with Crippen LogP contribution in [-0.4, -0.2) is 52.1 Å². The molecule has 1 atom stereocenters. The first-order valence-corrected chi connectivity index (χ1v) is 11.1. The van der Waals surface area contributed by atoms with Crippen LogP contribution in [0.2, 0.25) is 0 Å². The maximum absolute atomic E-state index is 12.4. The Kier molecular flexibility index (Phi) is 5.58. The summed E-state index contributed by atoms with van der Waals surface area (Å²) in [7, 11) is 0. The SMILES string of the molecule is Cc1cccc(-c2nc3nc(NC(=O)CC(C)(C)C)ccn3c2-c2ccnc([AsH2])n2)n1. The summed E-state index contributed by atoms with van der Waals surface area (Å²) in [5.74, 6) is 0.846. The Morgan fingerprint density at radius 2 is 1.87 bits per heavy atom. The van der Waals surface area contributed by atoms with Crippen molar-refractivity contribution in [3.63, 3.8) is 0 Å². The van der Waals surface area contributed by atoms with Crippen LogP contribution in [0.3, 0.4) is 0 Å². The summed E-state index contributed by atoms with van der Waals surface area (Å²) < 4.78 is 2.59. The minimum absolute atomic E-state index is 0.0784. The third-order valence-electron chi connectivity index (χ3n) is 4.50. The molecule has 1 unspecified atom stereocenters. The average molecular weight is 477 g/mol. The zero-order valence-electron chi connectivity index (χ0n) is 17.9. The van der Waals surface area contributed by atoms with Gasteiger partial charge in [0.25, 0.3) is 0 Å². The van der Waals surface area contributed by atoms with Gasteiger partial charge in [-0.3, -0.25) is 0 Å². The predicted molar refractivity (Wildman–Crippen MR) is 123 cm³/mol. The van der Waals surface area contributed by atoms with Crippen molar-refractivity contribution in [2.45, 2.75) is 34.1 Å². The van der Waals surface area contributed by atoms with Crippen LogP contribution in [0.1, 0.15) is 32.9 Å². The van der Waals surface area contributed by atoms with Crippen LogP contribution in [-0.2, 0) is 4.79 Å². The molecule has 1 N–H and O–H groups in total. The van der Waals surface area contributed by atoms with E-state index in [9.17, 15) is 4.79 Å². The van der Waals surface area contributed by atoms with Crippen molar-refractivity contribution in [3.8, 4) is 22.8 Å². The number of fused-ring (bicyclic) bond motifs is 1. The maximum atomic E-state index is 12.4. The molecule has 0 aliphatic heterocycles. The van der Waals surface area contributed by atoms with E-state index < -0.39 is 0 Å². The van der Waals surface area contributed by atoms with Crippen molar-refractivity contribution in [2.75, 3.05) is 5.32 Å². The normalized spacial score (nSPS) is 11.6. The first-order valence-electron chi connectivity index (χ1n) is 9.91. The first-order chi connectivity index (χ1) is 14.7. The molecule has 158 valence electrons. The van der Waals surface area contributed by atoms with E-state index in [1.807, 2.05) is 62.6 Å². The van der Waals surface area contributed by atoms with E-state index in [0.717, 1.165) is 27.4 Å². The van der Waals surface area contributed by atoms with Gasteiger partial charge in [0, 0.05) is 0 Å². The Bertz CT molecular complexity index is 1280. The Balaban J connectivity index is 1.83. The number of amides is 1. The third-order valence-corrected chi connectivity index (χ3v) is 5.08. The molecule has 1 amide bonds. The number of nitrogens with one attached hydrogen (secondary N) is 1. The molecule has 0 saturated carbocycles. The zero-order chi connectivity index (χ0) is 22.2. The summed E-state index contributed by atoms with van der Waals surface area (Å²) in [5, 5.41) is 2.87. The van der Waals surface area contributed by atoms with Gasteiger partial charge >= 0.3 is 168 Å². The van der Waals surface area contributed by atoms with Crippen LogP contribution in [0.25, 0.3) is 28.6 Å². The van der Waals surface area contributed by atoms with E-state index in [4.69, 9.17) is 4.98 Å². The van der Waals surface area contributed by atoms with E-state index in [2.05, 4.69) is 25.3 Å². The topological polar surface area (TPSA) is 98.0 Å². The molecule has 0 saturated heterocycles. The second kappa shape index (κ2) is 8.19. The van der Waals surface area contributed by atoms with Crippen LogP contribution in [0.15, 0.2) is 42.7 Å². The Morgan fingerprint density at radius 3 is 2.58 bits per heavy atom. The van der Waals surface area contributed by atoms with E-state index in [1.165, 1.54) is 16.9 Å². The number of hydrogen-bond donors (Lipinski definition) is 1. The molecular weight excluding hydrogens is 453 g/mol. The summed E-state index contributed by atoms with van der Waals surface area (Å²) in [4.78, 5) is 35.2. The average Bonchev–Trinajstić information content (AvgIpc) is 3.05. The summed E-state index contributed by atoms with van der Waals surface area (Å²) in [6.45, 7) is 8.01. The standard InChI is InChI=1S/C22H24AsN7O/c1-13-6-5-7-14(25-13)18-19(15-8-10-24-20(23)26-15)30-11-9-16(28-21(30)29-18)27-17(31)12-22(2,3)4/h5-11H,12,23H2,1-4H3,(H,27,28,29,31). The quantitative estimate of drug-likeness (QED) is 0.453. The van der Waals surface area contributed by atoms with Crippen molar-refractivity contribution < 1.29 is 4.79 Å². The van der Waals surface area contributed by atoms with Crippen molar-refractivity contribution in [1.82, 2.24) is 29.3 Å². The number of pyridine rings is 1. The molecular formula is C22H24AsN7O. The van der Waals surface area contributed by atoms with Crippen LogP contribution in [0, 0.1) is 12.3 Å². The van der Waals surface area contributed by atoms with Crippen molar-refractivity contribution in [3.05, 3.63) is 48.4 Å². The Hall–Kier alpha value is -3.12. The second-order valence-corrected chi connectivity index (χ2v) is 9.63. The zero-order valence-corrected chi connectivity index (χ0v) is 20.3. The molecule has 0 bridgehead atoms. The summed E-state index contributed by atoms with van der Waals surface area (Å²) in [5.41, 5.74) is 3.73. The fraction of sp³-hybridized carbons (Fsp3) is 0.273. The summed E-state index contributed by atoms with van der Waals surface area (Å²) in [6.07, 6.45) is 3.99. The van der Waals surface area contributed by atoms with Gasteiger partial charge in [0.1, 0.15) is 0 Å². The number of hydrogen-bond acceptors (Lipinski definition) is 6.